The molecule has 0 radical (unpaired) electrons. The second kappa shape index (κ2) is 3.02. The van der Waals surface area contributed by atoms with Crippen LogP contribution in [0.5, 0.6) is 0 Å². The Balaban J connectivity index is 2.46. The van der Waals surface area contributed by atoms with E-state index in [9.17, 15) is 0 Å². The van der Waals surface area contributed by atoms with E-state index in [1.165, 1.54) is 0 Å². The molecule has 2 aromatic rings. The average molecular weight is 190 g/mol. The average Bonchev–Trinajstić information content (AvgIpc) is 2.44. The summed E-state index contributed by atoms with van der Waals surface area (Å²) in [5, 5.41) is 9.51. The van der Waals surface area contributed by atoms with Gasteiger partial charge in [-0.3, -0.25) is 10.7 Å². The number of anilines is 1. The summed E-state index contributed by atoms with van der Waals surface area (Å²) in [5.74, 6) is -0.187. The number of fused-ring (bicyclic) bond motifs is 1. The molecule has 72 valence electrons. The highest BCUT2D eigenvalue weighted by Crippen LogP contribution is 2.19. The fraction of sp³-hybridized carbons (Fsp3) is 0.111. The number of hydrogen-bond acceptors (Lipinski definition) is 3. The van der Waals surface area contributed by atoms with Crippen LogP contribution >= 0.6 is 0 Å². The highest BCUT2D eigenvalue weighted by molar-refractivity contribution is 5.89. The van der Waals surface area contributed by atoms with Gasteiger partial charge in [-0.05, 0) is 24.6 Å². The number of nitrogens with two attached hydrogens (primary N) is 1. The maximum Gasteiger partial charge on any atom is 0.302 e. The van der Waals surface area contributed by atoms with Gasteiger partial charge >= 0.3 is 6.01 Å². The van der Waals surface area contributed by atoms with E-state index in [-0.39, 0.29) is 12.0 Å². The zero-order chi connectivity index (χ0) is 10.1. The first-order valence-corrected chi connectivity index (χ1v) is 4.13. The Labute approximate surface area is 80.4 Å². The normalized spacial score (nSPS) is 10.4. The summed E-state index contributed by atoms with van der Waals surface area (Å²) in [7, 11) is 0. The Morgan fingerprint density at radius 1 is 1.57 bits per heavy atom. The molecule has 0 aliphatic carbocycles. The first kappa shape index (κ1) is 8.55. The van der Waals surface area contributed by atoms with Crippen LogP contribution in [-0.4, -0.2) is 10.9 Å². The Morgan fingerprint density at radius 2 is 2.36 bits per heavy atom. The molecule has 5 heteroatoms. The van der Waals surface area contributed by atoms with Crippen molar-refractivity contribution >= 4 is 23.1 Å². The van der Waals surface area contributed by atoms with E-state index in [2.05, 4.69) is 10.3 Å². The summed E-state index contributed by atoms with van der Waals surface area (Å²) in [4.78, 5) is 4.12. The molecular weight excluding hydrogens is 180 g/mol. The number of guanidine groups is 1. The standard InChI is InChI=1S/C9H10N4O/c1-5-2-3-7-6(4-5)12-9(14-7)13-8(10)11/h2-4H,1H3,(H4,10,11,12,13). The van der Waals surface area contributed by atoms with Crippen LogP contribution in [0.2, 0.25) is 0 Å². The van der Waals surface area contributed by atoms with Gasteiger partial charge in [-0.1, -0.05) is 6.07 Å². The van der Waals surface area contributed by atoms with Crippen molar-refractivity contribution in [1.29, 1.82) is 5.41 Å². The van der Waals surface area contributed by atoms with Gasteiger partial charge in [0, 0.05) is 0 Å². The van der Waals surface area contributed by atoms with E-state index in [1.807, 2.05) is 25.1 Å². The van der Waals surface area contributed by atoms with E-state index < -0.39 is 0 Å². The number of nitrogens with one attached hydrogen (secondary N) is 2. The van der Waals surface area contributed by atoms with Crippen molar-refractivity contribution in [3.63, 3.8) is 0 Å². The van der Waals surface area contributed by atoms with Crippen molar-refractivity contribution in [2.24, 2.45) is 5.73 Å². The molecule has 0 fully saturated rings. The SMILES string of the molecule is Cc1ccc2oc(NC(=N)N)nc2c1. The van der Waals surface area contributed by atoms with Crippen LogP contribution in [0.25, 0.3) is 11.1 Å². The Hall–Kier alpha value is -2.04. The van der Waals surface area contributed by atoms with Crippen LogP contribution in [0.3, 0.4) is 0 Å². The van der Waals surface area contributed by atoms with Gasteiger partial charge < -0.3 is 10.2 Å². The Morgan fingerprint density at radius 3 is 3.07 bits per heavy atom. The smallest absolute Gasteiger partial charge is 0.302 e. The predicted molar refractivity (Wildman–Crippen MR) is 54.3 cm³/mol. The molecule has 0 aliphatic rings. The lowest BCUT2D eigenvalue weighted by Crippen LogP contribution is -2.20. The van der Waals surface area contributed by atoms with Crippen molar-refractivity contribution in [1.82, 2.24) is 4.98 Å². The molecule has 1 aromatic carbocycles. The molecule has 1 aromatic heterocycles. The second-order valence-electron chi connectivity index (χ2n) is 3.03. The summed E-state index contributed by atoms with van der Waals surface area (Å²) in [5.41, 5.74) is 7.70. The van der Waals surface area contributed by atoms with Gasteiger partial charge in [0.05, 0.1) is 0 Å². The zero-order valence-electron chi connectivity index (χ0n) is 7.66. The van der Waals surface area contributed by atoms with Crippen LogP contribution in [0.1, 0.15) is 5.56 Å². The van der Waals surface area contributed by atoms with Gasteiger partial charge in [0.15, 0.2) is 11.5 Å². The van der Waals surface area contributed by atoms with E-state index in [4.69, 9.17) is 15.6 Å². The number of aromatic nitrogens is 1. The predicted octanol–water partition coefficient (Wildman–Crippen LogP) is 1.44. The maximum absolute atomic E-state index is 7.01. The summed E-state index contributed by atoms with van der Waals surface area (Å²) in [6.45, 7) is 1.98. The summed E-state index contributed by atoms with van der Waals surface area (Å²) >= 11 is 0. The van der Waals surface area contributed by atoms with Crippen LogP contribution in [-0.2, 0) is 0 Å². The third kappa shape index (κ3) is 1.52. The highest BCUT2D eigenvalue weighted by Gasteiger charge is 2.05. The van der Waals surface area contributed by atoms with Crippen LogP contribution in [0.15, 0.2) is 22.6 Å². The number of oxazole rings is 1. The lowest BCUT2D eigenvalue weighted by Gasteiger charge is -1.93. The second-order valence-corrected chi connectivity index (χ2v) is 3.03. The first-order valence-electron chi connectivity index (χ1n) is 4.13. The quantitative estimate of drug-likeness (QED) is 0.469. The van der Waals surface area contributed by atoms with E-state index >= 15 is 0 Å². The Bertz CT molecular complexity index is 489. The van der Waals surface area contributed by atoms with Crippen molar-refractivity contribution in [2.45, 2.75) is 6.92 Å². The number of nitrogens with zero attached hydrogens (tertiary/aromatic N) is 1. The van der Waals surface area contributed by atoms with Crippen LogP contribution in [0.4, 0.5) is 6.01 Å². The number of benzene rings is 1. The molecule has 0 bridgehead atoms. The van der Waals surface area contributed by atoms with Gasteiger partial charge in [0.2, 0.25) is 0 Å². The highest BCUT2D eigenvalue weighted by atomic mass is 16.4. The van der Waals surface area contributed by atoms with Gasteiger partial charge in [-0.15, -0.1) is 0 Å². The van der Waals surface area contributed by atoms with Gasteiger partial charge in [0.1, 0.15) is 5.52 Å². The molecule has 5 nitrogen and oxygen atoms in total. The molecule has 4 N–H and O–H groups in total. The third-order valence-corrected chi connectivity index (χ3v) is 1.78. The monoisotopic (exact) mass is 190 g/mol. The summed E-state index contributed by atoms with van der Waals surface area (Å²) < 4.78 is 5.29. The topological polar surface area (TPSA) is 87.9 Å². The van der Waals surface area contributed by atoms with E-state index in [0.717, 1.165) is 11.1 Å². The lowest BCUT2D eigenvalue weighted by atomic mass is 10.2. The molecule has 0 spiro atoms. The zero-order valence-corrected chi connectivity index (χ0v) is 7.66. The molecule has 0 amide bonds. The molecule has 0 saturated carbocycles. The van der Waals surface area contributed by atoms with Crippen molar-refractivity contribution in [3.05, 3.63) is 23.8 Å². The van der Waals surface area contributed by atoms with Gasteiger partial charge in [-0.25, -0.2) is 0 Å². The molecule has 2 rings (SSSR count). The summed E-state index contributed by atoms with van der Waals surface area (Å²) in [6, 6.07) is 5.93. The van der Waals surface area contributed by atoms with Crippen molar-refractivity contribution in [3.8, 4) is 0 Å². The molecule has 0 atom stereocenters. The minimum Gasteiger partial charge on any atom is -0.423 e. The van der Waals surface area contributed by atoms with Crippen molar-refractivity contribution < 1.29 is 4.42 Å². The largest absolute Gasteiger partial charge is 0.423 e. The molecule has 0 unspecified atom stereocenters. The molecule has 1 heterocycles. The molecular formula is C9H10N4O. The van der Waals surface area contributed by atoms with Gasteiger partial charge in [0.25, 0.3) is 0 Å². The van der Waals surface area contributed by atoms with Crippen LogP contribution in [0, 0.1) is 12.3 Å². The van der Waals surface area contributed by atoms with Gasteiger partial charge in [-0.2, -0.15) is 4.98 Å². The van der Waals surface area contributed by atoms with Crippen LogP contribution < -0.4 is 11.1 Å². The third-order valence-electron chi connectivity index (χ3n) is 1.78. The fourth-order valence-electron chi connectivity index (χ4n) is 1.21. The maximum atomic E-state index is 7.01. The van der Waals surface area contributed by atoms with E-state index in [1.54, 1.807) is 0 Å². The minimum absolute atomic E-state index is 0.187. The lowest BCUT2D eigenvalue weighted by molar-refractivity contribution is 0.624. The molecule has 14 heavy (non-hydrogen) atoms. The number of hydrogen-bond donors (Lipinski definition) is 3. The molecule has 0 aliphatic heterocycles. The number of aryl methyl sites for hydroxylation is 1. The summed E-state index contributed by atoms with van der Waals surface area (Å²) in [6.07, 6.45) is 0. The fourth-order valence-corrected chi connectivity index (χ4v) is 1.21. The molecule has 0 saturated heterocycles. The number of rotatable bonds is 1. The Kier molecular flexibility index (Phi) is 1.85. The first-order chi connectivity index (χ1) is 6.65. The van der Waals surface area contributed by atoms with Crippen molar-refractivity contribution in [2.75, 3.05) is 5.32 Å². The minimum atomic E-state index is -0.187. The van der Waals surface area contributed by atoms with E-state index in [0.29, 0.717) is 5.58 Å².